The molecular weight excluding hydrogens is 259 g/mol. The molecule has 1 nitrogen and oxygen atoms in total. The highest BCUT2D eigenvalue weighted by Gasteiger charge is 1.97. The van der Waals surface area contributed by atoms with Crippen molar-refractivity contribution in [3.63, 3.8) is 0 Å². The maximum absolute atomic E-state index is 13.3. The average Bonchev–Trinajstić information content (AvgIpc) is 2.20. The maximum Gasteiger partial charge on any atom is 0.131 e. The molecule has 1 aromatic carbocycles. The summed E-state index contributed by atoms with van der Waals surface area (Å²) in [5.74, 6) is -0.238. The van der Waals surface area contributed by atoms with E-state index in [9.17, 15) is 4.39 Å². The van der Waals surface area contributed by atoms with Gasteiger partial charge in [0.15, 0.2) is 0 Å². The Hall–Kier alpha value is -0.670. The molecule has 0 fully saturated rings. The smallest absolute Gasteiger partial charge is 0.131 e. The van der Waals surface area contributed by atoms with Crippen LogP contribution in [0.4, 0.5) is 4.39 Å². The van der Waals surface area contributed by atoms with Gasteiger partial charge in [0.05, 0.1) is 6.61 Å². The zero-order valence-corrected chi connectivity index (χ0v) is 9.97. The Morgan fingerprint density at radius 3 is 2.93 bits per heavy atom. The van der Waals surface area contributed by atoms with Crippen LogP contribution < -0.4 is 0 Å². The molecule has 0 aliphatic rings. The Balaban J connectivity index is 2.49. The minimum atomic E-state index is -0.238. The van der Waals surface area contributed by atoms with Gasteiger partial charge >= 0.3 is 0 Å². The summed E-state index contributed by atoms with van der Waals surface area (Å²) in [7, 11) is 0. The first kappa shape index (κ1) is 12.4. The topological polar surface area (TPSA) is 9.23 Å². The van der Waals surface area contributed by atoms with E-state index in [4.69, 9.17) is 4.74 Å². The summed E-state index contributed by atoms with van der Waals surface area (Å²) in [4.78, 5) is 0. The van der Waals surface area contributed by atoms with Crippen molar-refractivity contribution in [2.24, 2.45) is 0 Å². The van der Waals surface area contributed by atoms with E-state index in [0.717, 1.165) is 10.9 Å². The highest BCUT2D eigenvalue weighted by molar-refractivity contribution is 9.10. The van der Waals surface area contributed by atoms with Crippen molar-refractivity contribution in [1.82, 2.24) is 0 Å². The van der Waals surface area contributed by atoms with Crippen molar-refractivity contribution in [2.75, 3.05) is 13.2 Å². The summed E-state index contributed by atoms with van der Waals surface area (Å²) in [6.07, 6.45) is 4.26. The van der Waals surface area contributed by atoms with Crippen molar-refractivity contribution >= 4 is 22.0 Å². The molecule has 0 aliphatic heterocycles. The summed E-state index contributed by atoms with van der Waals surface area (Å²) >= 11 is 3.20. The first-order valence-corrected chi connectivity index (χ1v) is 5.52. The number of rotatable bonds is 5. The van der Waals surface area contributed by atoms with E-state index >= 15 is 0 Å². The second-order valence-corrected chi connectivity index (χ2v) is 3.91. The van der Waals surface area contributed by atoms with Crippen molar-refractivity contribution in [3.05, 3.63) is 47.1 Å². The van der Waals surface area contributed by atoms with E-state index in [1.807, 2.05) is 0 Å². The van der Waals surface area contributed by atoms with E-state index in [0.29, 0.717) is 18.8 Å². The summed E-state index contributed by atoms with van der Waals surface area (Å²) in [6.45, 7) is 4.77. The lowest BCUT2D eigenvalue weighted by Gasteiger charge is -1.98. The SMILES string of the molecule is [CH2]CCOC/C=C/c1ccc(Br)cc1F. The quantitative estimate of drug-likeness (QED) is 0.740. The summed E-state index contributed by atoms with van der Waals surface area (Å²) in [5.41, 5.74) is 0.566. The molecule has 0 amide bonds. The highest BCUT2D eigenvalue weighted by atomic mass is 79.9. The van der Waals surface area contributed by atoms with Crippen LogP contribution in [0.1, 0.15) is 12.0 Å². The van der Waals surface area contributed by atoms with Gasteiger partial charge in [0, 0.05) is 16.6 Å². The largest absolute Gasteiger partial charge is 0.377 e. The van der Waals surface area contributed by atoms with Crippen LogP contribution in [0.25, 0.3) is 6.08 Å². The molecule has 81 valence electrons. The minimum Gasteiger partial charge on any atom is -0.377 e. The summed E-state index contributed by atoms with van der Waals surface area (Å²) in [6, 6.07) is 4.97. The van der Waals surface area contributed by atoms with E-state index in [-0.39, 0.29) is 5.82 Å². The van der Waals surface area contributed by atoms with Gasteiger partial charge in [-0.1, -0.05) is 41.1 Å². The zero-order valence-electron chi connectivity index (χ0n) is 8.38. The third kappa shape index (κ3) is 4.58. The lowest BCUT2D eigenvalue weighted by molar-refractivity contribution is 0.167. The Kier molecular flexibility index (Phi) is 5.58. The maximum atomic E-state index is 13.3. The van der Waals surface area contributed by atoms with Gasteiger partial charge < -0.3 is 4.74 Å². The third-order valence-electron chi connectivity index (χ3n) is 1.76. The van der Waals surface area contributed by atoms with Crippen LogP contribution in [0.3, 0.4) is 0 Å². The predicted molar refractivity (Wildman–Crippen MR) is 63.9 cm³/mol. The minimum absolute atomic E-state index is 0.238. The average molecular weight is 272 g/mol. The molecule has 0 aromatic heterocycles. The molecule has 1 radical (unpaired) electrons. The van der Waals surface area contributed by atoms with Crippen LogP contribution in [0, 0.1) is 12.7 Å². The Bertz CT molecular complexity index is 336. The van der Waals surface area contributed by atoms with E-state index in [1.165, 1.54) is 6.07 Å². The van der Waals surface area contributed by atoms with Gasteiger partial charge in [-0.25, -0.2) is 4.39 Å². The van der Waals surface area contributed by atoms with Crippen LogP contribution >= 0.6 is 15.9 Å². The van der Waals surface area contributed by atoms with Crippen molar-refractivity contribution in [3.8, 4) is 0 Å². The molecule has 0 aliphatic carbocycles. The molecule has 0 heterocycles. The van der Waals surface area contributed by atoms with Crippen LogP contribution in [0.5, 0.6) is 0 Å². The normalized spacial score (nSPS) is 11.1. The second-order valence-electron chi connectivity index (χ2n) is 3.00. The first-order chi connectivity index (χ1) is 7.24. The molecule has 0 atom stereocenters. The lowest BCUT2D eigenvalue weighted by Crippen LogP contribution is -1.91. The van der Waals surface area contributed by atoms with Gasteiger partial charge in [-0.2, -0.15) is 0 Å². The summed E-state index contributed by atoms with van der Waals surface area (Å²) < 4.78 is 19.2. The third-order valence-corrected chi connectivity index (χ3v) is 2.26. The van der Waals surface area contributed by atoms with Gasteiger partial charge in [0.2, 0.25) is 0 Å². The monoisotopic (exact) mass is 271 g/mol. The molecule has 0 saturated carbocycles. The Morgan fingerprint density at radius 2 is 2.27 bits per heavy atom. The van der Waals surface area contributed by atoms with Crippen molar-refractivity contribution in [1.29, 1.82) is 0 Å². The lowest BCUT2D eigenvalue weighted by atomic mass is 10.2. The first-order valence-electron chi connectivity index (χ1n) is 4.72. The zero-order chi connectivity index (χ0) is 11.1. The number of hydrogen-bond donors (Lipinski definition) is 0. The number of halogens is 2. The van der Waals surface area contributed by atoms with Crippen LogP contribution in [0.2, 0.25) is 0 Å². The molecule has 15 heavy (non-hydrogen) atoms. The number of ether oxygens (including phenoxy) is 1. The van der Waals surface area contributed by atoms with Crippen LogP contribution in [-0.2, 0) is 4.74 Å². The van der Waals surface area contributed by atoms with E-state index < -0.39 is 0 Å². The molecule has 0 N–H and O–H groups in total. The predicted octanol–water partition coefficient (Wildman–Crippen LogP) is 3.84. The van der Waals surface area contributed by atoms with Crippen LogP contribution in [-0.4, -0.2) is 13.2 Å². The van der Waals surface area contributed by atoms with Crippen LogP contribution in [0.15, 0.2) is 28.7 Å². The molecule has 0 spiro atoms. The fraction of sp³-hybridized carbons (Fsp3) is 0.250. The van der Waals surface area contributed by atoms with Gasteiger partial charge in [-0.3, -0.25) is 0 Å². The molecule has 3 heteroatoms. The number of benzene rings is 1. The van der Waals surface area contributed by atoms with E-state index in [1.54, 1.807) is 24.3 Å². The Morgan fingerprint density at radius 1 is 1.47 bits per heavy atom. The van der Waals surface area contributed by atoms with E-state index in [2.05, 4.69) is 22.9 Å². The molecule has 0 bridgehead atoms. The van der Waals surface area contributed by atoms with Gasteiger partial charge in [-0.15, -0.1) is 0 Å². The molecule has 0 unspecified atom stereocenters. The highest BCUT2D eigenvalue weighted by Crippen LogP contribution is 2.16. The Labute approximate surface area is 98.1 Å². The fourth-order valence-corrected chi connectivity index (χ4v) is 1.40. The molecule has 1 aromatic rings. The standard InChI is InChI=1S/C12H13BrFO/c1-2-7-15-8-3-4-10-5-6-11(13)9-12(10)14/h3-6,9H,1-2,7-8H2/b4-3+. The van der Waals surface area contributed by atoms with Gasteiger partial charge in [0.1, 0.15) is 5.82 Å². The molecular formula is C12H13BrFO. The number of hydrogen-bond acceptors (Lipinski definition) is 1. The van der Waals surface area contributed by atoms with Gasteiger partial charge in [0.25, 0.3) is 0 Å². The summed E-state index contributed by atoms with van der Waals surface area (Å²) in [5, 5.41) is 0. The van der Waals surface area contributed by atoms with Gasteiger partial charge in [-0.05, 0) is 18.6 Å². The molecule has 1 rings (SSSR count). The second kappa shape index (κ2) is 6.75. The molecule has 0 saturated heterocycles. The fourth-order valence-electron chi connectivity index (χ4n) is 1.07. The van der Waals surface area contributed by atoms with Crippen molar-refractivity contribution < 1.29 is 9.13 Å². The van der Waals surface area contributed by atoms with Crippen molar-refractivity contribution in [2.45, 2.75) is 6.42 Å².